The lowest BCUT2D eigenvalue weighted by Gasteiger charge is -2.13. The van der Waals surface area contributed by atoms with Gasteiger partial charge in [-0.05, 0) is 29.8 Å². The van der Waals surface area contributed by atoms with E-state index in [0.29, 0.717) is 12.1 Å². The van der Waals surface area contributed by atoms with Crippen molar-refractivity contribution in [1.82, 2.24) is 5.32 Å². The van der Waals surface area contributed by atoms with Gasteiger partial charge in [-0.1, -0.05) is 40.2 Å². The van der Waals surface area contributed by atoms with E-state index in [1.807, 2.05) is 49.3 Å². The van der Waals surface area contributed by atoms with Crippen LogP contribution in [0.5, 0.6) is 0 Å². The molecule has 0 saturated heterocycles. The number of nitrogens with one attached hydrogen (secondary N) is 1. The van der Waals surface area contributed by atoms with Crippen molar-refractivity contribution in [3.05, 3.63) is 64.1 Å². The maximum Gasteiger partial charge on any atom is 0.338 e. The molecule has 126 valence electrons. The zero-order valence-electron chi connectivity index (χ0n) is 13.6. The van der Waals surface area contributed by atoms with Crippen molar-refractivity contribution in [1.29, 1.82) is 0 Å². The van der Waals surface area contributed by atoms with Gasteiger partial charge in [0.1, 0.15) is 0 Å². The number of carbonyl (C=O) groups excluding carboxylic acids is 2. The molecule has 6 heteroatoms. The average Bonchev–Trinajstić information content (AvgIpc) is 2.59. The number of hydrogen-bond acceptors (Lipinski definition) is 4. The predicted molar refractivity (Wildman–Crippen MR) is 97.0 cm³/mol. The van der Waals surface area contributed by atoms with Crippen LogP contribution < -0.4 is 10.2 Å². The standard InChI is InChI=1S/C18H19BrN2O3/c1-21(2)15-8-5-7-13(10-15)18(23)24-12-17(22)20-11-14-6-3-4-9-16(14)19/h3-10H,11-12H2,1-2H3,(H,20,22). The van der Waals surface area contributed by atoms with Gasteiger partial charge in [0.25, 0.3) is 5.91 Å². The molecule has 0 aliphatic carbocycles. The van der Waals surface area contributed by atoms with Crippen LogP contribution in [0.1, 0.15) is 15.9 Å². The van der Waals surface area contributed by atoms with Gasteiger partial charge in [-0.2, -0.15) is 0 Å². The van der Waals surface area contributed by atoms with Crippen LogP contribution in [0.4, 0.5) is 5.69 Å². The number of esters is 1. The Bertz CT molecular complexity index is 732. The average molecular weight is 391 g/mol. The molecule has 0 saturated carbocycles. The highest BCUT2D eigenvalue weighted by atomic mass is 79.9. The van der Waals surface area contributed by atoms with Crippen molar-refractivity contribution < 1.29 is 14.3 Å². The number of nitrogens with zero attached hydrogens (tertiary/aromatic N) is 1. The third-order valence-electron chi connectivity index (χ3n) is 3.37. The lowest BCUT2D eigenvalue weighted by molar-refractivity contribution is -0.124. The Balaban J connectivity index is 1.84. The number of rotatable bonds is 6. The quantitative estimate of drug-likeness (QED) is 0.770. The molecule has 0 aliphatic heterocycles. The molecule has 0 heterocycles. The normalized spacial score (nSPS) is 10.1. The summed E-state index contributed by atoms with van der Waals surface area (Å²) in [5.41, 5.74) is 2.26. The van der Waals surface area contributed by atoms with Gasteiger partial charge in [0.2, 0.25) is 0 Å². The second-order valence-corrected chi connectivity index (χ2v) is 6.24. The second kappa shape index (κ2) is 8.49. The first-order valence-electron chi connectivity index (χ1n) is 7.42. The topological polar surface area (TPSA) is 58.6 Å². The van der Waals surface area contributed by atoms with Crippen molar-refractivity contribution in [3.8, 4) is 0 Å². The van der Waals surface area contributed by atoms with E-state index >= 15 is 0 Å². The molecule has 0 spiro atoms. The molecule has 1 N–H and O–H groups in total. The summed E-state index contributed by atoms with van der Waals surface area (Å²) >= 11 is 3.42. The Morgan fingerprint density at radius 3 is 2.58 bits per heavy atom. The van der Waals surface area contributed by atoms with E-state index in [1.165, 1.54) is 0 Å². The molecule has 1 amide bonds. The lowest BCUT2D eigenvalue weighted by atomic mass is 10.2. The summed E-state index contributed by atoms with van der Waals surface area (Å²) in [7, 11) is 3.78. The number of anilines is 1. The SMILES string of the molecule is CN(C)c1cccc(C(=O)OCC(=O)NCc2ccccc2Br)c1. The van der Waals surface area contributed by atoms with E-state index in [0.717, 1.165) is 15.7 Å². The molecule has 0 aliphatic rings. The number of halogens is 1. The molecule has 0 fully saturated rings. The number of ether oxygens (including phenoxy) is 1. The van der Waals surface area contributed by atoms with Crippen LogP contribution in [-0.2, 0) is 16.1 Å². The fraction of sp³-hybridized carbons (Fsp3) is 0.222. The lowest BCUT2D eigenvalue weighted by Crippen LogP contribution is -2.28. The molecule has 0 aromatic heterocycles. The van der Waals surface area contributed by atoms with Gasteiger partial charge in [-0.15, -0.1) is 0 Å². The summed E-state index contributed by atoms with van der Waals surface area (Å²) in [6, 6.07) is 14.7. The fourth-order valence-corrected chi connectivity index (χ4v) is 2.44. The summed E-state index contributed by atoms with van der Waals surface area (Å²) < 4.78 is 5.98. The smallest absolute Gasteiger partial charge is 0.338 e. The first-order chi connectivity index (χ1) is 11.5. The van der Waals surface area contributed by atoms with Gasteiger partial charge in [0.05, 0.1) is 5.56 Å². The van der Waals surface area contributed by atoms with Gasteiger partial charge < -0.3 is 15.0 Å². The van der Waals surface area contributed by atoms with Crippen molar-refractivity contribution in [2.45, 2.75) is 6.54 Å². The number of benzene rings is 2. The Morgan fingerprint density at radius 2 is 1.88 bits per heavy atom. The first-order valence-corrected chi connectivity index (χ1v) is 8.21. The molecule has 2 aromatic carbocycles. The summed E-state index contributed by atoms with van der Waals surface area (Å²) in [6.07, 6.45) is 0. The molecule has 0 bridgehead atoms. The minimum atomic E-state index is -0.519. The number of carbonyl (C=O) groups is 2. The molecule has 24 heavy (non-hydrogen) atoms. The number of hydrogen-bond donors (Lipinski definition) is 1. The minimum Gasteiger partial charge on any atom is -0.452 e. The molecule has 2 rings (SSSR count). The fourth-order valence-electron chi connectivity index (χ4n) is 2.01. The van der Waals surface area contributed by atoms with Crippen molar-refractivity contribution in [2.24, 2.45) is 0 Å². The van der Waals surface area contributed by atoms with Gasteiger partial charge in [0, 0.05) is 30.8 Å². The van der Waals surface area contributed by atoms with Gasteiger partial charge in [-0.3, -0.25) is 4.79 Å². The highest BCUT2D eigenvalue weighted by Crippen LogP contribution is 2.15. The second-order valence-electron chi connectivity index (χ2n) is 5.39. The zero-order chi connectivity index (χ0) is 17.5. The van der Waals surface area contributed by atoms with Gasteiger partial charge in [-0.25, -0.2) is 4.79 Å². The van der Waals surface area contributed by atoms with E-state index in [1.54, 1.807) is 18.2 Å². The minimum absolute atomic E-state index is 0.310. The van der Waals surface area contributed by atoms with Crippen LogP contribution in [0.25, 0.3) is 0 Å². The molecular formula is C18H19BrN2O3. The number of amides is 1. The molecule has 5 nitrogen and oxygen atoms in total. The van der Waals surface area contributed by atoms with Crippen LogP contribution in [-0.4, -0.2) is 32.6 Å². The third kappa shape index (κ3) is 5.09. The summed E-state index contributed by atoms with van der Waals surface area (Å²) in [5.74, 6) is -0.863. The van der Waals surface area contributed by atoms with Crippen LogP contribution in [0.2, 0.25) is 0 Å². The predicted octanol–water partition coefficient (Wildman–Crippen LogP) is 2.99. The highest BCUT2D eigenvalue weighted by molar-refractivity contribution is 9.10. The van der Waals surface area contributed by atoms with E-state index in [2.05, 4.69) is 21.2 Å². The van der Waals surface area contributed by atoms with Crippen LogP contribution >= 0.6 is 15.9 Å². The van der Waals surface area contributed by atoms with E-state index < -0.39 is 5.97 Å². The molecule has 0 unspecified atom stereocenters. The molecular weight excluding hydrogens is 372 g/mol. The van der Waals surface area contributed by atoms with Crippen molar-refractivity contribution in [2.75, 3.05) is 25.6 Å². The summed E-state index contributed by atoms with van der Waals surface area (Å²) in [5, 5.41) is 2.72. The molecule has 0 radical (unpaired) electrons. The van der Waals surface area contributed by atoms with E-state index in [-0.39, 0.29) is 12.5 Å². The third-order valence-corrected chi connectivity index (χ3v) is 4.14. The van der Waals surface area contributed by atoms with E-state index in [4.69, 9.17) is 4.74 Å². The molecule has 0 atom stereocenters. The Morgan fingerprint density at radius 1 is 1.12 bits per heavy atom. The monoisotopic (exact) mass is 390 g/mol. The summed E-state index contributed by atoms with van der Waals surface area (Å²) in [6.45, 7) is 0.0589. The van der Waals surface area contributed by atoms with Gasteiger partial charge in [0.15, 0.2) is 6.61 Å². The maximum atomic E-state index is 12.0. The summed E-state index contributed by atoms with van der Waals surface area (Å²) in [4.78, 5) is 25.7. The van der Waals surface area contributed by atoms with Gasteiger partial charge >= 0.3 is 5.97 Å². The van der Waals surface area contributed by atoms with Crippen LogP contribution in [0.3, 0.4) is 0 Å². The Labute approximate surface area is 149 Å². The van der Waals surface area contributed by atoms with Crippen LogP contribution in [0, 0.1) is 0 Å². The first kappa shape index (κ1) is 18.0. The molecule has 2 aromatic rings. The largest absolute Gasteiger partial charge is 0.452 e. The zero-order valence-corrected chi connectivity index (χ0v) is 15.2. The Kier molecular flexibility index (Phi) is 6.37. The highest BCUT2D eigenvalue weighted by Gasteiger charge is 2.11. The van der Waals surface area contributed by atoms with E-state index in [9.17, 15) is 9.59 Å². The maximum absolute atomic E-state index is 12.0. The Hall–Kier alpha value is -2.34. The van der Waals surface area contributed by atoms with Crippen molar-refractivity contribution in [3.63, 3.8) is 0 Å². The van der Waals surface area contributed by atoms with Crippen molar-refractivity contribution >= 4 is 33.5 Å². The van der Waals surface area contributed by atoms with Crippen LogP contribution in [0.15, 0.2) is 53.0 Å².